The molecule has 118 valence electrons. The van der Waals surface area contributed by atoms with Crippen LogP contribution in [0.3, 0.4) is 0 Å². The molecule has 22 heavy (non-hydrogen) atoms. The van der Waals surface area contributed by atoms with Gasteiger partial charge < -0.3 is 0 Å². The molecule has 0 aliphatic carbocycles. The van der Waals surface area contributed by atoms with Crippen LogP contribution < -0.4 is 9.80 Å². The Balaban J connectivity index is 1.74. The minimum Gasteiger partial charge on any atom is -0.297 e. The minimum absolute atomic E-state index is 0.0433. The maximum absolute atomic E-state index is 13.1. The average Bonchev–Trinajstić information content (AvgIpc) is 2.52. The van der Waals surface area contributed by atoms with E-state index in [0.29, 0.717) is 11.9 Å². The summed E-state index contributed by atoms with van der Waals surface area (Å²) >= 11 is 0. The molecule has 2 N–H and O–H groups in total. The molecule has 4 aliphatic rings. The molecule has 3 heteroatoms. The van der Waals surface area contributed by atoms with Crippen molar-refractivity contribution in [3.63, 3.8) is 0 Å². The minimum atomic E-state index is -0.0433. The van der Waals surface area contributed by atoms with Crippen molar-refractivity contribution < 1.29 is 14.6 Å². The van der Waals surface area contributed by atoms with E-state index >= 15 is 0 Å². The van der Waals surface area contributed by atoms with E-state index in [2.05, 4.69) is 45.0 Å². The first-order valence-electron chi connectivity index (χ1n) is 8.84. The van der Waals surface area contributed by atoms with E-state index in [4.69, 9.17) is 0 Å². The predicted octanol–water partition coefficient (Wildman–Crippen LogP) is 0.166. The number of nitrogens with one attached hydrogen (secondary N) is 2. The van der Waals surface area contributed by atoms with E-state index in [-0.39, 0.29) is 10.8 Å². The van der Waals surface area contributed by atoms with Gasteiger partial charge in [0.05, 0.1) is 5.56 Å². The molecule has 0 unspecified atom stereocenters. The summed E-state index contributed by atoms with van der Waals surface area (Å²) in [7, 11) is 0. The van der Waals surface area contributed by atoms with Gasteiger partial charge in [-0.05, 0) is 31.9 Å². The van der Waals surface area contributed by atoms with E-state index in [1.807, 2.05) is 0 Å². The molecule has 4 heterocycles. The monoisotopic (exact) mass is 300 g/mol. The van der Waals surface area contributed by atoms with E-state index in [1.54, 1.807) is 9.80 Å². The summed E-state index contributed by atoms with van der Waals surface area (Å²) < 4.78 is 0. The Morgan fingerprint density at radius 1 is 0.955 bits per heavy atom. The number of benzene rings is 1. The Bertz CT molecular complexity index is 564. The van der Waals surface area contributed by atoms with Crippen LogP contribution in [0, 0.1) is 17.8 Å². The molecular formula is C19H28N2O+2. The highest BCUT2D eigenvalue weighted by Gasteiger charge is 2.70. The third-order valence-corrected chi connectivity index (χ3v) is 6.81. The van der Waals surface area contributed by atoms with Crippen molar-refractivity contribution in [1.82, 2.24) is 0 Å². The first-order chi connectivity index (χ1) is 10.5. The molecule has 5 rings (SSSR count). The Hall–Kier alpha value is -1.19. The number of aryl methyl sites for hydroxylation is 1. The molecular weight excluding hydrogens is 272 g/mol. The third-order valence-electron chi connectivity index (χ3n) is 6.81. The van der Waals surface area contributed by atoms with Crippen molar-refractivity contribution in [2.75, 3.05) is 26.2 Å². The lowest BCUT2D eigenvalue weighted by Crippen LogP contribution is -3.41. The normalized spacial score (nSPS) is 42.9. The molecule has 0 atom stereocenters. The second-order valence-electron chi connectivity index (χ2n) is 7.96. The summed E-state index contributed by atoms with van der Waals surface area (Å²) in [5.41, 5.74) is 2.70. The first-order valence-corrected chi connectivity index (χ1v) is 8.84. The summed E-state index contributed by atoms with van der Waals surface area (Å²) in [5.74, 6) is 0.597. The number of hydrogen-bond acceptors (Lipinski definition) is 1. The van der Waals surface area contributed by atoms with Gasteiger partial charge in [-0.25, -0.2) is 0 Å². The highest BCUT2D eigenvalue weighted by molar-refractivity contribution is 5.92. The smallest absolute Gasteiger partial charge is 0.240 e. The van der Waals surface area contributed by atoms with Crippen LogP contribution >= 0.6 is 0 Å². The van der Waals surface area contributed by atoms with Gasteiger partial charge in [-0.3, -0.25) is 14.6 Å². The maximum atomic E-state index is 13.1. The maximum Gasteiger partial charge on any atom is 0.240 e. The average molecular weight is 300 g/mol. The Morgan fingerprint density at radius 3 is 1.82 bits per heavy atom. The van der Waals surface area contributed by atoms with Crippen LogP contribution in [-0.4, -0.2) is 32.0 Å². The standard InChI is InChI=1S/C19H26N2O/c1-4-18-10-20-12-19(5-2,17(18)22)13-21(11-18)16(20)15-8-6-14(3)7-9-15/h6-9,16H,4-5,10-13H2,1-3H3/p+2. The topological polar surface area (TPSA) is 26.0 Å². The number of Topliss-reactive ketones (excluding diaryl/α,β-unsaturated/α-hetero) is 1. The second kappa shape index (κ2) is 4.65. The number of carbonyl (C=O) groups is 1. The number of hydrogen-bond donors (Lipinski definition) is 2. The molecule has 3 nitrogen and oxygen atoms in total. The van der Waals surface area contributed by atoms with Crippen LogP contribution in [0.15, 0.2) is 24.3 Å². The van der Waals surface area contributed by atoms with Gasteiger partial charge in [0.25, 0.3) is 0 Å². The zero-order chi connectivity index (χ0) is 15.5. The molecule has 0 amide bonds. The van der Waals surface area contributed by atoms with Gasteiger partial charge in [-0.1, -0.05) is 31.5 Å². The van der Waals surface area contributed by atoms with Crippen LogP contribution in [0.5, 0.6) is 0 Å². The van der Waals surface area contributed by atoms with Gasteiger partial charge in [0.15, 0.2) is 5.78 Å². The van der Waals surface area contributed by atoms with Gasteiger partial charge in [0.2, 0.25) is 6.17 Å². The fourth-order valence-electron chi connectivity index (χ4n) is 5.62. The molecule has 0 saturated carbocycles. The lowest BCUT2D eigenvalue weighted by molar-refractivity contribution is -1.18. The number of quaternary nitrogens is 2. The molecule has 0 radical (unpaired) electrons. The predicted molar refractivity (Wildman–Crippen MR) is 85.8 cm³/mol. The zero-order valence-electron chi connectivity index (χ0n) is 14.0. The first kappa shape index (κ1) is 14.4. The highest BCUT2D eigenvalue weighted by atomic mass is 16.1. The quantitative estimate of drug-likeness (QED) is 0.817. The van der Waals surface area contributed by atoms with Crippen LogP contribution in [0.4, 0.5) is 0 Å². The van der Waals surface area contributed by atoms with Crippen LogP contribution in [0.25, 0.3) is 0 Å². The van der Waals surface area contributed by atoms with E-state index < -0.39 is 0 Å². The molecule has 4 fully saturated rings. The summed E-state index contributed by atoms with van der Waals surface area (Å²) in [4.78, 5) is 16.4. The molecule has 4 saturated heterocycles. The second-order valence-corrected chi connectivity index (χ2v) is 7.96. The molecule has 0 aromatic heterocycles. The van der Waals surface area contributed by atoms with E-state index in [1.165, 1.54) is 11.1 Å². The molecule has 1 aromatic carbocycles. The Morgan fingerprint density at radius 2 is 1.41 bits per heavy atom. The van der Waals surface area contributed by atoms with Gasteiger partial charge in [0, 0.05) is 0 Å². The SMILES string of the molecule is CCC12C[NH+]3CC(CC)(C[NH+](C1)C3c1ccc(C)cc1)C2=O. The lowest BCUT2D eigenvalue weighted by Gasteiger charge is -2.60. The zero-order valence-corrected chi connectivity index (χ0v) is 14.0. The molecule has 4 bridgehead atoms. The number of piperidine rings is 2. The number of carbonyl (C=O) groups excluding carboxylic acids is 1. The van der Waals surface area contributed by atoms with Crippen LogP contribution in [0.2, 0.25) is 0 Å². The summed E-state index contributed by atoms with van der Waals surface area (Å²) in [6.45, 7) is 10.8. The lowest BCUT2D eigenvalue weighted by atomic mass is 9.58. The Kier molecular flexibility index (Phi) is 3.05. The van der Waals surface area contributed by atoms with Gasteiger partial charge in [-0.2, -0.15) is 0 Å². The van der Waals surface area contributed by atoms with Crippen molar-refractivity contribution in [3.8, 4) is 0 Å². The molecule has 4 aliphatic heterocycles. The van der Waals surface area contributed by atoms with Gasteiger partial charge in [-0.15, -0.1) is 0 Å². The van der Waals surface area contributed by atoms with E-state index in [0.717, 1.165) is 39.0 Å². The molecule has 1 aromatic rings. The van der Waals surface area contributed by atoms with Crippen molar-refractivity contribution in [1.29, 1.82) is 0 Å². The van der Waals surface area contributed by atoms with Crippen LogP contribution in [0.1, 0.15) is 44.0 Å². The number of ketones is 1. The van der Waals surface area contributed by atoms with Gasteiger partial charge in [0.1, 0.15) is 37.0 Å². The van der Waals surface area contributed by atoms with Crippen molar-refractivity contribution in [2.24, 2.45) is 10.8 Å². The Labute approximate surface area is 133 Å². The summed E-state index contributed by atoms with van der Waals surface area (Å²) in [5, 5.41) is 0. The van der Waals surface area contributed by atoms with Crippen molar-refractivity contribution in [3.05, 3.63) is 35.4 Å². The summed E-state index contributed by atoms with van der Waals surface area (Å²) in [6, 6.07) is 9.08. The summed E-state index contributed by atoms with van der Waals surface area (Å²) in [6.07, 6.45) is 2.57. The fourth-order valence-corrected chi connectivity index (χ4v) is 5.62. The van der Waals surface area contributed by atoms with E-state index in [9.17, 15) is 4.79 Å². The van der Waals surface area contributed by atoms with Gasteiger partial charge >= 0.3 is 0 Å². The highest BCUT2D eigenvalue weighted by Crippen LogP contribution is 2.40. The number of rotatable bonds is 3. The fraction of sp³-hybridized carbons (Fsp3) is 0.632. The van der Waals surface area contributed by atoms with Crippen LogP contribution in [-0.2, 0) is 4.79 Å². The largest absolute Gasteiger partial charge is 0.297 e. The molecule has 0 spiro atoms. The van der Waals surface area contributed by atoms with Crippen molar-refractivity contribution in [2.45, 2.75) is 39.8 Å². The third kappa shape index (κ3) is 1.73. The van der Waals surface area contributed by atoms with Crippen molar-refractivity contribution >= 4 is 5.78 Å².